The molecule has 0 bridgehead atoms. The van der Waals surface area contributed by atoms with Gasteiger partial charge in [-0.2, -0.15) is 5.10 Å². The molecule has 0 aliphatic heterocycles. The van der Waals surface area contributed by atoms with Crippen LogP contribution in [0.4, 0.5) is 0 Å². The van der Waals surface area contributed by atoms with E-state index in [-0.39, 0.29) is 5.91 Å². The first-order valence-corrected chi connectivity index (χ1v) is 7.50. The molecule has 2 aromatic rings. The Labute approximate surface area is 131 Å². The molecule has 1 heterocycles. The maximum Gasteiger partial charge on any atom is 0.244 e. The second kappa shape index (κ2) is 7.07. The Morgan fingerprint density at radius 3 is 2.55 bits per heavy atom. The van der Waals surface area contributed by atoms with Gasteiger partial charge in [-0.25, -0.2) is 0 Å². The fourth-order valence-corrected chi connectivity index (χ4v) is 2.12. The second-order valence-electron chi connectivity index (χ2n) is 5.75. The molecule has 1 aromatic carbocycles. The van der Waals surface area contributed by atoms with E-state index in [2.05, 4.69) is 36.4 Å². The number of amides is 1. The normalized spacial score (nSPS) is 11.3. The van der Waals surface area contributed by atoms with Crippen LogP contribution in [0.25, 0.3) is 6.08 Å². The fourth-order valence-electron chi connectivity index (χ4n) is 2.12. The molecule has 1 amide bonds. The third kappa shape index (κ3) is 4.07. The Balaban J connectivity index is 1.89. The van der Waals surface area contributed by atoms with Crippen molar-refractivity contribution in [3.05, 3.63) is 58.9 Å². The lowest BCUT2D eigenvalue weighted by Crippen LogP contribution is -2.20. The van der Waals surface area contributed by atoms with Crippen LogP contribution in [0.2, 0.25) is 0 Å². The van der Waals surface area contributed by atoms with Crippen molar-refractivity contribution < 1.29 is 4.79 Å². The van der Waals surface area contributed by atoms with Crippen molar-refractivity contribution in [3.8, 4) is 0 Å². The number of benzene rings is 1. The number of hydrogen-bond donors (Lipinski definition) is 1. The summed E-state index contributed by atoms with van der Waals surface area (Å²) in [6.07, 6.45) is 5.18. The molecule has 4 nitrogen and oxygen atoms in total. The first-order chi connectivity index (χ1) is 10.5. The van der Waals surface area contributed by atoms with E-state index in [4.69, 9.17) is 0 Å². The third-order valence-corrected chi connectivity index (χ3v) is 3.82. The summed E-state index contributed by atoms with van der Waals surface area (Å²) < 4.78 is 1.80. The topological polar surface area (TPSA) is 46.9 Å². The largest absolute Gasteiger partial charge is 0.348 e. The van der Waals surface area contributed by atoms with E-state index in [0.29, 0.717) is 12.5 Å². The van der Waals surface area contributed by atoms with Crippen LogP contribution in [0.3, 0.4) is 0 Å². The van der Waals surface area contributed by atoms with E-state index < -0.39 is 0 Å². The molecule has 0 radical (unpaired) electrons. The van der Waals surface area contributed by atoms with Crippen molar-refractivity contribution in [2.75, 3.05) is 0 Å². The monoisotopic (exact) mass is 297 g/mol. The van der Waals surface area contributed by atoms with E-state index in [1.165, 1.54) is 5.56 Å². The number of hydrogen-bond acceptors (Lipinski definition) is 2. The molecule has 116 valence electrons. The number of carbonyl (C=O) groups is 1. The number of aromatic nitrogens is 2. The highest BCUT2D eigenvalue weighted by atomic mass is 16.1. The van der Waals surface area contributed by atoms with E-state index >= 15 is 0 Å². The molecule has 0 saturated carbocycles. The Hall–Kier alpha value is -2.36. The minimum Gasteiger partial charge on any atom is -0.348 e. The number of nitrogens with one attached hydrogen (secondary N) is 1. The summed E-state index contributed by atoms with van der Waals surface area (Å²) in [5.74, 6) is 0.417. The Morgan fingerprint density at radius 2 is 2.00 bits per heavy atom. The molecule has 0 saturated heterocycles. The van der Waals surface area contributed by atoms with Crippen LogP contribution < -0.4 is 5.32 Å². The van der Waals surface area contributed by atoms with Gasteiger partial charge >= 0.3 is 0 Å². The van der Waals surface area contributed by atoms with Gasteiger partial charge in [0.25, 0.3) is 0 Å². The molecule has 0 fully saturated rings. The minimum atomic E-state index is -0.101. The lowest BCUT2D eigenvalue weighted by molar-refractivity contribution is -0.116. The minimum absolute atomic E-state index is 0.101. The van der Waals surface area contributed by atoms with Crippen molar-refractivity contribution in [2.24, 2.45) is 7.05 Å². The van der Waals surface area contributed by atoms with Gasteiger partial charge in [0.2, 0.25) is 5.91 Å². The van der Waals surface area contributed by atoms with Crippen LogP contribution in [0, 0.1) is 6.92 Å². The van der Waals surface area contributed by atoms with E-state index in [1.54, 1.807) is 17.0 Å². The summed E-state index contributed by atoms with van der Waals surface area (Å²) in [6.45, 7) is 6.81. The molecule has 1 aromatic heterocycles. The maximum atomic E-state index is 11.9. The lowest BCUT2D eigenvalue weighted by Gasteiger charge is -2.05. The standard InChI is InChI=1S/C18H23N3O/c1-13(2)16-8-5-15(6-9-16)7-10-18(22)19-11-17-12-20-21(4)14(17)3/h5-10,12-13H,11H2,1-4H3,(H,19,22)/b10-7+. The van der Waals surface area contributed by atoms with Crippen LogP contribution in [-0.4, -0.2) is 15.7 Å². The quantitative estimate of drug-likeness (QED) is 0.862. The molecule has 22 heavy (non-hydrogen) atoms. The molecule has 0 spiro atoms. The highest BCUT2D eigenvalue weighted by Gasteiger charge is 2.04. The average Bonchev–Trinajstić information content (AvgIpc) is 2.83. The average molecular weight is 297 g/mol. The van der Waals surface area contributed by atoms with Gasteiger partial charge in [0.05, 0.1) is 6.20 Å². The molecule has 0 aliphatic rings. The van der Waals surface area contributed by atoms with Crippen LogP contribution in [0.15, 0.2) is 36.5 Å². The van der Waals surface area contributed by atoms with Crippen LogP contribution in [-0.2, 0) is 18.4 Å². The van der Waals surface area contributed by atoms with E-state index in [1.807, 2.05) is 32.2 Å². The molecule has 0 aliphatic carbocycles. The number of carbonyl (C=O) groups excluding carboxylic acids is 1. The molecular formula is C18H23N3O. The van der Waals surface area contributed by atoms with Gasteiger partial charge < -0.3 is 5.32 Å². The van der Waals surface area contributed by atoms with Gasteiger partial charge in [0, 0.05) is 30.9 Å². The van der Waals surface area contributed by atoms with Gasteiger partial charge in [0.1, 0.15) is 0 Å². The summed E-state index contributed by atoms with van der Waals surface area (Å²) in [4.78, 5) is 11.9. The van der Waals surface area contributed by atoms with Crippen molar-refractivity contribution in [1.82, 2.24) is 15.1 Å². The fraction of sp³-hybridized carbons (Fsp3) is 0.333. The lowest BCUT2D eigenvalue weighted by atomic mass is 10.0. The first-order valence-electron chi connectivity index (χ1n) is 7.50. The van der Waals surface area contributed by atoms with Crippen molar-refractivity contribution in [2.45, 2.75) is 33.2 Å². The second-order valence-corrected chi connectivity index (χ2v) is 5.75. The smallest absolute Gasteiger partial charge is 0.244 e. The molecular weight excluding hydrogens is 274 g/mol. The number of nitrogens with zero attached hydrogens (tertiary/aromatic N) is 2. The molecule has 1 N–H and O–H groups in total. The van der Waals surface area contributed by atoms with E-state index in [9.17, 15) is 4.79 Å². The van der Waals surface area contributed by atoms with Gasteiger partial charge in [-0.05, 0) is 30.0 Å². The van der Waals surface area contributed by atoms with Crippen molar-refractivity contribution >= 4 is 12.0 Å². The zero-order valence-electron chi connectivity index (χ0n) is 13.6. The van der Waals surface area contributed by atoms with Crippen LogP contribution >= 0.6 is 0 Å². The van der Waals surface area contributed by atoms with Crippen molar-refractivity contribution in [1.29, 1.82) is 0 Å². The number of rotatable bonds is 5. The molecule has 0 atom stereocenters. The zero-order chi connectivity index (χ0) is 16.1. The highest BCUT2D eigenvalue weighted by molar-refractivity contribution is 5.91. The predicted octanol–water partition coefficient (Wildman–Crippen LogP) is 3.18. The summed E-state index contributed by atoms with van der Waals surface area (Å²) in [7, 11) is 1.89. The van der Waals surface area contributed by atoms with Gasteiger partial charge in [0.15, 0.2) is 0 Å². The summed E-state index contributed by atoms with van der Waals surface area (Å²) in [5, 5.41) is 7.03. The van der Waals surface area contributed by atoms with Crippen LogP contribution in [0.1, 0.15) is 42.1 Å². The SMILES string of the molecule is Cc1c(CNC(=O)/C=C/c2ccc(C(C)C)cc2)cnn1C. The maximum absolute atomic E-state index is 11.9. The highest BCUT2D eigenvalue weighted by Crippen LogP contribution is 2.15. The summed E-state index contributed by atoms with van der Waals surface area (Å²) in [5.41, 5.74) is 4.42. The predicted molar refractivity (Wildman–Crippen MR) is 89.4 cm³/mol. The first kappa shape index (κ1) is 16.0. The van der Waals surface area contributed by atoms with Crippen LogP contribution in [0.5, 0.6) is 0 Å². The van der Waals surface area contributed by atoms with E-state index in [0.717, 1.165) is 16.8 Å². The zero-order valence-corrected chi connectivity index (χ0v) is 13.6. The Kier molecular flexibility index (Phi) is 5.15. The summed E-state index contributed by atoms with van der Waals surface area (Å²) in [6, 6.07) is 8.26. The molecule has 2 rings (SSSR count). The van der Waals surface area contributed by atoms with Gasteiger partial charge in [-0.15, -0.1) is 0 Å². The Bertz CT molecular complexity index is 666. The van der Waals surface area contributed by atoms with Gasteiger partial charge in [-0.3, -0.25) is 9.48 Å². The molecule has 4 heteroatoms. The molecule has 0 unspecified atom stereocenters. The van der Waals surface area contributed by atoms with Crippen molar-refractivity contribution in [3.63, 3.8) is 0 Å². The Morgan fingerprint density at radius 1 is 1.32 bits per heavy atom. The third-order valence-electron chi connectivity index (χ3n) is 3.82. The summed E-state index contributed by atoms with van der Waals surface area (Å²) >= 11 is 0. The van der Waals surface area contributed by atoms with Gasteiger partial charge in [-0.1, -0.05) is 38.1 Å². The number of aryl methyl sites for hydroxylation is 1.